The van der Waals surface area contributed by atoms with Gasteiger partial charge >= 0.3 is 0 Å². The van der Waals surface area contributed by atoms with E-state index in [-0.39, 0.29) is 5.91 Å². The van der Waals surface area contributed by atoms with E-state index in [1.807, 2.05) is 35.2 Å². The van der Waals surface area contributed by atoms with Crippen LogP contribution in [0.4, 0.5) is 0 Å². The lowest BCUT2D eigenvalue weighted by Gasteiger charge is -2.19. The molecule has 4 heterocycles. The Labute approximate surface area is 236 Å². The van der Waals surface area contributed by atoms with E-state index in [2.05, 4.69) is 51.7 Å². The van der Waals surface area contributed by atoms with Gasteiger partial charge in [-0.25, -0.2) is 0 Å². The number of aromatic nitrogens is 4. The molecule has 2 aliphatic rings. The molecule has 2 aromatic heterocycles. The van der Waals surface area contributed by atoms with E-state index in [1.165, 1.54) is 0 Å². The molecular formula is C29H32N6O2S2. The monoisotopic (exact) mass is 560 g/mol. The third kappa shape index (κ3) is 5.88. The third-order valence-corrected chi connectivity index (χ3v) is 9.65. The van der Waals surface area contributed by atoms with Crippen LogP contribution in [0.3, 0.4) is 0 Å². The molecule has 6 rings (SSSR count). The van der Waals surface area contributed by atoms with Crippen molar-refractivity contribution >= 4 is 28.6 Å². The molecule has 0 atom stereocenters. The number of nitrogens with one attached hydrogen (secondary N) is 1. The quantitative estimate of drug-likeness (QED) is 0.273. The van der Waals surface area contributed by atoms with Crippen molar-refractivity contribution in [3.63, 3.8) is 0 Å². The number of hydrogen-bond acceptors (Lipinski definition) is 9. The highest BCUT2D eigenvalue weighted by atomic mass is 32.1. The minimum absolute atomic E-state index is 0.197. The van der Waals surface area contributed by atoms with E-state index in [1.54, 1.807) is 22.7 Å². The fourth-order valence-corrected chi connectivity index (χ4v) is 6.81. The number of ether oxygens (including phenoxy) is 1. The minimum atomic E-state index is 0.197. The zero-order chi connectivity index (χ0) is 26.8. The van der Waals surface area contributed by atoms with E-state index in [0.717, 1.165) is 87.1 Å². The molecule has 4 aromatic rings. The molecule has 0 radical (unpaired) electrons. The van der Waals surface area contributed by atoms with Crippen molar-refractivity contribution in [3.05, 3.63) is 58.0 Å². The topological polar surface area (TPSA) is 93.1 Å². The Morgan fingerprint density at radius 1 is 0.974 bits per heavy atom. The van der Waals surface area contributed by atoms with Crippen LogP contribution in [0.2, 0.25) is 0 Å². The van der Waals surface area contributed by atoms with Crippen LogP contribution < -0.4 is 10.1 Å². The summed E-state index contributed by atoms with van der Waals surface area (Å²) in [5.41, 5.74) is 2.97. The minimum Gasteiger partial charge on any atom is -0.457 e. The molecule has 1 amide bonds. The van der Waals surface area contributed by atoms with Crippen LogP contribution in [-0.4, -0.2) is 50.8 Å². The zero-order valence-electron chi connectivity index (χ0n) is 22.2. The summed E-state index contributed by atoms with van der Waals surface area (Å²) in [7, 11) is 0. The van der Waals surface area contributed by atoms with Crippen molar-refractivity contribution in [2.45, 2.75) is 57.9 Å². The number of hydrogen-bond donors (Lipinski definition) is 1. The lowest BCUT2D eigenvalue weighted by atomic mass is 9.99. The van der Waals surface area contributed by atoms with Gasteiger partial charge in [0.25, 0.3) is 0 Å². The molecule has 2 aliphatic heterocycles. The predicted octanol–water partition coefficient (Wildman–Crippen LogP) is 6.23. The van der Waals surface area contributed by atoms with E-state index in [0.29, 0.717) is 24.8 Å². The fourth-order valence-electron chi connectivity index (χ4n) is 4.95. The number of nitrogens with zero attached hydrogens (tertiary/aromatic N) is 5. The van der Waals surface area contributed by atoms with Gasteiger partial charge in [-0.1, -0.05) is 48.7 Å². The molecule has 1 N–H and O–H groups in total. The van der Waals surface area contributed by atoms with Gasteiger partial charge in [-0.2, -0.15) is 0 Å². The third-order valence-electron chi connectivity index (χ3n) is 7.24. The predicted molar refractivity (Wildman–Crippen MR) is 154 cm³/mol. The molecule has 0 saturated carbocycles. The first-order valence-corrected chi connectivity index (χ1v) is 15.2. The Bertz CT molecular complexity index is 1440. The van der Waals surface area contributed by atoms with Crippen molar-refractivity contribution in [1.29, 1.82) is 0 Å². The SMILES string of the molecule is CC(C)c1nnc(-c2ccc(Oc3cc(-c4nnc(C5CCNCC5)s4)ccc3CN3CCCC3=O)cc2)s1. The van der Waals surface area contributed by atoms with E-state index in [9.17, 15) is 4.79 Å². The van der Waals surface area contributed by atoms with Crippen LogP contribution in [0, 0.1) is 0 Å². The summed E-state index contributed by atoms with van der Waals surface area (Å²) in [6.07, 6.45) is 3.71. The van der Waals surface area contributed by atoms with Gasteiger partial charge in [0.1, 0.15) is 31.5 Å². The van der Waals surface area contributed by atoms with E-state index >= 15 is 0 Å². The molecule has 0 bridgehead atoms. The summed E-state index contributed by atoms with van der Waals surface area (Å²) in [6.45, 7) is 7.62. The number of carbonyl (C=O) groups excluding carboxylic acids is 1. The van der Waals surface area contributed by atoms with Gasteiger partial charge in [0.15, 0.2) is 0 Å². The number of amides is 1. The lowest BCUT2D eigenvalue weighted by molar-refractivity contribution is -0.128. The van der Waals surface area contributed by atoms with Crippen LogP contribution in [0.1, 0.15) is 66.9 Å². The summed E-state index contributed by atoms with van der Waals surface area (Å²) < 4.78 is 6.45. The Hall–Kier alpha value is -3.21. The largest absolute Gasteiger partial charge is 0.457 e. The van der Waals surface area contributed by atoms with Gasteiger partial charge in [-0.05, 0) is 62.7 Å². The maximum Gasteiger partial charge on any atom is 0.222 e. The van der Waals surface area contributed by atoms with E-state index < -0.39 is 0 Å². The van der Waals surface area contributed by atoms with Gasteiger partial charge in [0, 0.05) is 48.0 Å². The van der Waals surface area contributed by atoms with Crippen LogP contribution in [0.15, 0.2) is 42.5 Å². The number of likely N-dealkylation sites (tertiary alicyclic amines) is 1. The summed E-state index contributed by atoms with van der Waals surface area (Å²) in [6, 6.07) is 14.1. The highest BCUT2D eigenvalue weighted by Crippen LogP contribution is 2.37. The molecule has 2 fully saturated rings. The molecule has 8 nitrogen and oxygen atoms in total. The maximum atomic E-state index is 12.4. The van der Waals surface area contributed by atoms with Crippen molar-refractivity contribution < 1.29 is 9.53 Å². The first-order chi connectivity index (χ1) is 19.0. The molecule has 0 aliphatic carbocycles. The molecule has 2 saturated heterocycles. The summed E-state index contributed by atoms with van der Waals surface area (Å²) >= 11 is 3.29. The smallest absolute Gasteiger partial charge is 0.222 e. The van der Waals surface area contributed by atoms with Gasteiger partial charge in [0.05, 0.1) is 0 Å². The lowest BCUT2D eigenvalue weighted by Crippen LogP contribution is -2.26. The summed E-state index contributed by atoms with van der Waals surface area (Å²) in [4.78, 5) is 14.3. The fraction of sp³-hybridized carbons (Fsp3) is 0.414. The Morgan fingerprint density at radius 2 is 1.72 bits per heavy atom. The van der Waals surface area contributed by atoms with Gasteiger partial charge in [0.2, 0.25) is 5.91 Å². The number of benzene rings is 2. The number of piperidine rings is 1. The van der Waals surface area contributed by atoms with Gasteiger partial charge in [-0.3, -0.25) is 4.79 Å². The number of carbonyl (C=O) groups is 1. The van der Waals surface area contributed by atoms with Crippen LogP contribution >= 0.6 is 22.7 Å². The molecule has 39 heavy (non-hydrogen) atoms. The highest BCUT2D eigenvalue weighted by Gasteiger charge is 2.23. The second-order valence-corrected chi connectivity index (χ2v) is 12.5. The Balaban J connectivity index is 1.26. The molecule has 10 heteroatoms. The molecule has 0 unspecified atom stereocenters. The second-order valence-electron chi connectivity index (χ2n) is 10.4. The first-order valence-electron chi connectivity index (χ1n) is 13.6. The summed E-state index contributed by atoms with van der Waals surface area (Å²) in [5.74, 6) is 2.48. The molecule has 0 spiro atoms. The average molecular weight is 561 g/mol. The Morgan fingerprint density at radius 3 is 2.44 bits per heavy atom. The van der Waals surface area contributed by atoms with Crippen molar-refractivity contribution in [3.8, 4) is 32.6 Å². The Kier molecular flexibility index (Phi) is 7.67. The van der Waals surface area contributed by atoms with Crippen molar-refractivity contribution in [1.82, 2.24) is 30.6 Å². The highest BCUT2D eigenvalue weighted by molar-refractivity contribution is 7.15. The second kappa shape index (κ2) is 11.5. The average Bonchev–Trinajstić information content (AvgIpc) is 3.73. The van der Waals surface area contributed by atoms with E-state index in [4.69, 9.17) is 4.74 Å². The molecule has 202 valence electrons. The maximum absolute atomic E-state index is 12.4. The molecular weight excluding hydrogens is 528 g/mol. The standard InChI is InChI=1S/C29H32N6O2S2/c1-18(2)26-31-32-27(38-26)19-7-9-23(10-8-19)37-24-16-21(5-6-22(24)17-35-15-3-4-25(35)36)29-34-33-28(39-29)20-11-13-30-14-12-20/h5-10,16,18,20,30H,3-4,11-15,17H2,1-2H3. The number of rotatable bonds is 8. The van der Waals surface area contributed by atoms with Crippen molar-refractivity contribution in [2.75, 3.05) is 19.6 Å². The normalized spacial score (nSPS) is 16.4. The zero-order valence-corrected chi connectivity index (χ0v) is 23.9. The van der Waals surface area contributed by atoms with Crippen LogP contribution in [-0.2, 0) is 11.3 Å². The van der Waals surface area contributed by atoms with Crippen molar-refractivity contribution in [2.24, 2.45) is 0 Å². The van der Waals surface area contributed by atoms with Crippen LogP contribution in [0.5, 0.6) is 11.5 Å². The van der Waals surface area contributed by atoms with Crippen LogP contribution in [0.25, 0.3) is 21.1 Å². The molecule has 2 aromatic carbocycles. The summed E-state index contributed by atoms with van der Waals surface area (Å²) in [5, 5.41) is 25.1. The first kappa shape index (κ1) is 26.0. The van der Waals surface area contributed by atoms with Gasteiger partial charge < -0.3 is 15.0 Å². The van der Waals surface area contributed by atoms with Gasteiger partial charge in [-0.15, -0.1) is 20.4 Å².